The monoisotopic (exact) mass is 388 g/mol. The number of carbonyl (C=O) groups excluding carboxylic acids is 1. The number of aryl methyl sites for hydroxylation is 1. The molecule has 0 unspecified atom stereocenters. The van der Waals surface area contributed by atoms with Crippen molar-refractivity contribution in [2.45, 2.75) is 104 Å². The molecule has 1 aromatic heterocycles. The number of hydrogen-bond acceptors (Lipinski definition) is 3. The molecule has 144 valence electrons. The van der Waals surface area contributed by atoms with E-state index in [2.05, 4.69) is 11.9 Å². The Morgan fingerprint density at radius 2 is 1.35 bits per heavy atom. The van der Waals surface area contributed by atoms with Gasteiger partial charge in [0.05, 0.1) is 0 Å². The number of carboxylic acids is 1. The van der Waals surface area contributed by atoms with Gasteiger partial charge in [-0.15, -0.1) is 0 Å². The topological polar surface area (TPSA) is 53.0 Å². The van der Waals surface area contributed by atoms with Crippen molar-refractivity contribution < 1.29 is 9.90 Å². The van der Waals surface area contributed by atoms with E-state index >= 15 is 0 Å². The first-order valence-corrected chi connectivity index (χ1v) is 10.2. The molecule has 0 aliphatic carbocycles. The van der Waals surface area contributed by atoms with E-state index in [1.165, 1.54) is 76.2 Å². The Morgan fingerprint density at radius 3 is 1.65 bits per heavy atom. The zero-order chi connectivity index (χ0) is 18.6. The van der Waals surface area contributed by atoms with Crippen molar-refractivity contribution in [1.29, 1.82) is 0 Å². The molecule has 26 heavy (non-hydrogen) atoms. The Morgan fingerprint density at radius 1 is 0.885 bits per heavy atom. The molecular weight excluding hydrogens is 350 g/mol. The van der Waals surface area contributed by atoms with Crippen LogP contribution in [0.5, 0.6) is 0 Å². The maximum absolute atomic E-state index is 10.2. The number of pyridine rings is 1. The number of aromatic nitrogens is 1. The number of hydrogen-bond donors (Lipinski definition) is 0. The molecule has 0 spiro atoms. The summed E-state index contributed by atoms with van der Waals surface area (Å²) < 4.78 is 0. The molecule has 0 atom stereocenters. The van der Waals surface area contributed by atoms with Gasteiger partial charge in [0.15, 0.2) is 0 Å². The molecule has 0 N–H and O–H groups in total. The molecule has 1 heterocycles. The van der Waals surface area contributed by atoms with Crippen molar-refractivity contribution in [2.24, 2.45) is 0 Å². The first-order valence-electron chi connectivity index (χ1n) is 10.2. The van der Waals surface area contributed by atoms with E-state index in [4.69, 9.17) is 0 Å². The first-order chi connectivity index (χ1) is 12.2. The largest absolute Gasteiger partial charge is 2.00 e. The van der Waals surface area contributed by atoms with Crippen LogP contribution in [0.15, 0.2) is 24.5 Å². The molecular formula is C22H38CaNO2+. The van der Waals surface area contributed by atoms with Crippen LogP contribution in [-0.4, -0.2) is 48.7 Å². The van der Waals surface area contributed by atoms with E-state index in [-0.39, 0.29) is 44.2 Å². The van der Waals surface area contributed by atoms with Crippen molar-refractivity contribution in [3.63, 3.8) is 0 Å². The van der Waals surface area contributed by atoms with Gasteiger partial charge in [0, 0.05) is 18.4 Å². The van der Waals surface area contributed by atoms with Crippen LogP contribution in [0.3, 0.4) is 0 Å². The number of aliphatic carboxylic acids is 1. The molecule has 4 heteroatoms. The van der Waals surface area contributed by atoms with E-state index in [1.807, 2.05) is 25.3 Å². The van der Waals surface area contributed by atoms with Gasteiger partial charge in [-0.1, -0.05) is 90.0 Å². The molecule has 0 aliphatic rings. The van der Waals surface area contributed by atoms with Gasteiger partial charge in [-0.25, -0.2) is 0 Å². The van der Waals surface area contributed by atoms with Crippen LogP contribution in [0, 0.1) is 6.92 Å². The number of carbonyl (C=O) groups is 1. The second-order valence-electron chi connectivity index (χ2n) is 6.90. The number of carboxylic acid groups (broad SMARTS) is 1. The molecule has 3 nitrogen and oxygen atoms in total. The summed E-state index contributed by atoms with van der Waals surface area (Å²) >= 11 is 0. The van der Waals surface area contributed by atoms with Gasteiger partial charge >= 0.3 is 37.7 Å². The standard InChI is InChI=1S/C16H32O2.C6H7N.Ca/c1-2-3-4-5-6-7-8-9-10-11-12-13-14-15-16(17)18;1-6-3-2-4-7-5-6;/h2-15H2,1H3,(H,17,18);2-5H,1H3;/q;;+2/p-1. The third-order valence-corrected chi connectivity index (χ3v) is 4.29. The van der Waals surface area contributed by atoms with Gasteiger partial charge in [-0.3, -0.25) is 4.98 Å². The quantitative estimate of drug-likeness (QED) is 0.324. The third kappa shape index (κ3) is 23.9. The van der Waals surface area contributed by atoms with E-state index in [0.717, 1.165) is 12.8 Å². The van der Waals surface area contributed by atoms with E-state index in [0.29, 0.717) is 0 Å². The molecule has 1 aromatic rings. The smallest absolute Gasteiger partial charge is 0.550 e. The zero-order valence-electron chi connectivity index (χ0n) is 17.2. The van der Waals surface area contributed by atoms with Crippen LogP contribution >= 0.6 is 0 Å². The van der Waals surface area contributed by atoms with Gasteiger partial charge in [-0.05, 0) is 31.4 Å². The Hall–Kier alpha value is -0.120. The number of nitrogens with zero attached hydrogens (tertiary/aromatic N) is 1. The summed E-state index contributed by atoms with van der Waals surface area (Å²) in [5.74, 6) is -0.905. The maximum atomic E-state index is 10.2. The SMILES string of the molecule is CCCCCCCCCCCCCCCC(=O)[O-].Cc1cccnc1.[Ca+2]. The minimum atomic E-state index is -0.905. The normalized spacial score (nSPS) is 9.77. The van der Waals surface area contributed by atoms with Gasteiger partial charge in [0.1, 0.15) is 0 Å². The van der Waals surface area contributed by atoms with Crippen LogP contribution in [0.25, 0.3) is 0 Å². The predicted molar refractivity (Wildman–Crippen MR) is 110 cm³/mol. The molecule has 1 rings (SSSR count). The van der Waals surface area contributed by atoms with Crippen molar-refractivity contribution in [3.8, 4) is 0 Å². The Labute approximate surface area is 191 Å². The van der Waals surface area contributed by atoms with Crippen LogP contribution in [-0.2, 0) is 4.79 Å². The fourth-order valence-electron chi connectivity index (χ4n) is 2.74. The van der Waals surface area contributed by atoms with Crippen LogP contribution in [0.2, 0.25) is 0 Å². The number of unbranched alkanes of at least 4 members (excludes halogenated alkanes) is 12. The van der Waals surface area contributed by atoms with Gasteiger partial charge in [0.25, 0.3) is 0 Å². The van der Waals surface area contributed by atoms with Crippen LogP contribution in [0.1, 0.15) is 102 Å². The fourth-order valence-corrected chi connectivity index (χ4v) is 2.74. The summed E-state index contributed by atoms with van der Waals surface area (Å²) in [6.07, 6.45) is 20.5. The van der Waals surface area contributed by atoms with E-state index < -0.39 is 5.97 Å². The molecule has 0 saturated heterocycles. The average molecular weight is 389 g/mol. The summed E-state index contributed by atoms with van der Waals surface area (Å²) in [6, 6.07) is 3.95. The number of rotatable bonds is 14. The summed E-state index contributed by atoms with van der Waals surface area (Å²) in [6.45, 7) is 4.28. The molecule has 0 bridgehead atoms. The van der Waals surface area contributed by atoms with Crippen molar-refractivity contribution in [1.82, 2.24) is 4.98 Å². The average Bonchev–Trinajstić information content (AvgIpc) is 2.60. The summed E-state index contributed by atoms with van der Waals surface area (Å²) in [4.78, 5) is 14.1. The summed E-state index contributed by atoms with van der Waals surface area (Å²) in [7, 11) is 0. The van der Waals surface area contributed by atoms with Crippen molar-refractivity contribution >= 4 is 43.7 Å². The second kappa shape index (κ2) is 22.9. The summed E-state index contributed by atoms with van der Waals surface area (Å²) in [5.41, 5.74) is 1.21. The van der Waals surface area contributed by atoms with Crippen LogP contribution in [0.4, 0.5) is 0 Å². The molecule has 0 aliphatic heterocycles. The van der Waals surface area contributed by atoms with Gasteiger partial charge < -0.3 is 9.90 Å². The first kappa shape index (κ1) is 28.1. The van der Waals surface area contributed by atoms with E-state index in [1.54, 1.807) is 6.20 Å². The predicted octanol–water partition coefficient (Wildman–Crippen LogP) is 5.23. The third-order valence-electron chi connectivity index (χ3n) is 4.29. The minimum Gasteiger partial charge on any atom is -0.550 e. The Kier molecular flexibility index (Phi) is 24.8. The van der Waals surface area contributed by atoms with Crippen molar-refractivity contribution in [3.05, 3.63) is 30.1 Å². The zero-order valence-corrected chi connectivity index (χ0v) is 19.4. The van der Waals surface area contributed by atoms with E-state index in [9.17, 15) is 9.90 Å². The molecule has 0 radical (unpaired) electrons. The minimum absolute atomic E-state index is 0. The molecule has 0 saturated carbocycles. The molecule has 0 fully saturated rings. The molecule has 0 amide bonds. The van der Waals surface area contributed by atoms with Gasteiger partial charge in [0.2, 0.25) is 0 Å². The maximum Gasteiger partial charge on any atom is 2.00 e. The second-order valence-corrected chi connectivity index (χ2v) is 6.90. The van der Waals surface area contributed by atoms with Crippen LogP contribution < -0.4 is 5.11 Å². The molecule has 0 aromatic carbocycles. The summed E-state index contributed by atoms with van der Waals surface area (Å²) in [5, 5.41) is 10.2. The van der Waals surface area contributed by atoms with Crippen molar-refractivity contribution in [2.75, 3.05) is 0 Å². The Bertz CT molecular complexity index is 398. The fraction of sp³-hybridized carbons (Fsp3) is 0.727. The Balaban J connectivity index is 0. The van der Waals surface area contributed by atoms with Gasteiger partial charge in [-0.2, -0.15) is 0 Å².